The first kappa shape index (κ1) is 17.0. The third-order valence-corrected chi connectivity index (χ3v) is 4.95. The molecule has 0 unspecified atom stereocenters. The second-order valence-electron chi connectivity index (χ2n) is 6.62. The van der Waals surface area contributed by atoms with Crippen molar-refractivity contribution in [2.75, 3.05) is 44.7 Å². The van der Waals surface area contributed by atoms with E-state index in [9.17, 15) is 9.90 Å². The molecule has 0 radical (unpaired) electrons. The number of aliphatic hydroxyl groups excluding tert-OH is 1. The van der Waals surface area contributed by atoms with Crippen molar-refractivity contribution < 1.29 is 14.6 Å². The van der Waals surface area contributed by atoms with E-state index in [0.717, 1.165) is 24.5 Å². The van der Waals surface area contributed by atoms with Gasteiger partial charge in [-0.05, 0) is 30.3 Å². The van der Waals surface area contributed by atoms with Gasteiger partial charge in [-0.2, -0.15) is 5.10 Å². The molecule has 2 aliphatic rings. The molecule has 2 aliphatic heterocycles. The van der Waals surface area contributed by atoms with E-state index in [1.807, 2.05) is 36.5 Å². The summed E-state index contributed by atoms with van der Waals surface area (Å²) < 4.78 is 7.12. The number of urea groups is 1. The van der Waals surface area contributed by atoms with Gasteiger partial charge in [0.05, 0.1) is 37.6 Å². The molecule has 1 aromatic heterocycles. The maximum absolute atomic E-state index is 12.5. The predicted molar refractivity (Wildman–Crippen MR) is 96.3 cm³/mol. The maximum atomic E-state index is 12.5. The van der Waals surface area contributed by atoms with E-state index in [1.165, 1.54) is 0 Å². The number of hydrogen-bond donors (Lipinski definition) is 2. The third kappa shape index (κ3) is 3.57. The van der Waals surface area contributed by atoms with Crippen molar-refractivity contribution in [3.05, 3.63) is 42.7 Å². The van der Waals surface area contributed by atoms with Gasteiger partial charge in [0, 0.05) is 37.7 Å². The van der Waals surface area contributed by atoms with Crippen LogP contribution in [0.2, 0.25) is 0 Å². The minimum absolute atomic E-state index is 0.0214. The number of rotatable bonds is 3. The number of hydrogen-bond acceptors (Lipinski definition) is 5. The first-order chi connectivity index (χ1) is 12.7. The van der Waals surface area contributed by atoms with Crippen molar-refractivity contribution in [3.8, 4) is 5.69 Å². The summed E-state index contributed by atoms with van der Waals surface area (Å²) in [7, 11) is 0. The van der Waals surface area contributed by atoms with Crippen LogP contribution in [-0.4, -0.2) is 82.3 Å². The number of carbonyl (C=O) groups is 1. The first-order valence-electron chi connectivity index (χ1n) is 8.86. The molecule has 138 valence electrons. The zero-order valence-electron chi connectivity index (χ0n) is 14.5. The van der Waals surface area contributed by atoms with Crippen LogP contribution in [0.5, 0.6) is 0 Å². The van der Waals surface area contributed by atoms with E-state index in [4.69, 9.17) is 4.74 Å². The first-order valence-corrected chi connectivity index (χ1v) is 8.86. The Morgan fingerprint density at radius 2 is 1.96 bits per heavy atom. The van der Waals surface area contributed by atoms with Gasteiger partial charge in [0.25, 0.3) is 0 Å². The molecule has 1 aromatic carbocycles. The molecule has 2 N–H and O–H groups in total. The summed E-state index contributed by atoms with van der Waals surface area (Å²) in [6, 6.07) is 9.15. The fraction of sp³-hybridized carbons (Fsp3) is 0.444. The Balaban J connectivity index is 1.36. The Hall–Kier alpha value is -2.42. The minimum Gasteiger partial charge on any atom is -0.390 e. The van der Waals surface area contributed by atoms with Gasteiger partial charge in [0.1, 0.15) is 0 Å². The molecular weight excluding hydrogens is 334 g/mol. The molecule has 0 bridgehead atoms. The van der Waals surface area contributed by atoms with Gasteiger partial charge >= 0.3 is 6.03 Å². The Morgan fingerprint density at radius 3 is 2.65 bits per heavy atom. The molecule has 0 spiro atoms. The summed E-state index contributed by atoms with van der Waals surface area (Å²) in [6.07, 6.45) is 3.06. The molecular formula is C18H23N5O3. The van der Waals surface area contributed by atoms with Crippen molar-refractivity contribution in [3.63, 3.8) is 0 Å². The number of nitrogens with one attached hydrogen (secondary N) is 1. The van der Waals surface area contributed by atoms with Gasteiger partial charge in [-0.25, -0.2) is 9.48 Å². The number of ether oxygens (including phenoxy) is 1. The normalized spacial score (nSPS) is 24.0. The van der Waals surface area contributed by atoms with Gasteiger partial charge < -0.3 is 20.1 Å². The van der Waals surface area contributed by atoms with E-state index < -0.39 is 6.10 Å². The highest BCUT2D eigenvalue weighted by atomic mass is 16.5. The highest BCUT2D eigenvalue weighted by Crippen LogP contribution is 2.19. The SMILES string of the molecule is O=C(Nc1ccc(-n2cccn2)cc1)N1C[C@@H](O)[C@H](N2CCOCC2)C1. The van der Waals surface area contributed by atoms with E-state index in [-0.39, 0.29) is 12.1 Å². The lowest BCUT2D eigenvalue weighted by Crippen LogP contribution is -2.49. The number of carbonyl (C=O) groups excluding carboxylic acids is 1. The summed E-state index contributed by atoms with van der Waals surface area (Å²) in [6.45, 7) is 3.83. The standard InChI is InChI=1S/C18H23N5O3/c24-17-13-22(12-16(17)21-8-10-26-11-9-21)18(25)20-14-2-4-15(5-3-14)23-7-1-6-19-23/h1-7,16-17,24H,8-13H2,(H,20,25)/t16-,17-/m1/s1. The van der Waals surface area contributed by atoms with Gasteiger partial charge in [-0.15, -0.1) is 0 Å². The molecule has 2 atom stereocenters. The fourth-order valence-electron chi connectivity index (χ4n) is 3.52. The monoisotopic (exact) mass is 357 g/mol. The molecule has 2 aromatic rings. The number of morpholine rings is 1. The molecule has 0 saturated carbocycles. The number of amides is 2. The van der Waals surface area contributed by atoms with Crippen LogP contribution in [0, 0.1) is 0 Å². The smallest absolute Gasteiger partial charge is 0.321 e. The average Bonchev–Trinajstić information content (AvgIpc) is 3.33. The predicted octanol–water partition coefficient (Wildman–Crippen LogP) is 0.781. The summed E-state index contributed by atoms with van der Waals surface area (Å²) >= 11 is 0. The number of benzene rings is 1. The highest BCUT2D eigenvalue weighted by molar-refractivity contribution is 5.89. The van der Waals surface area contributed by atoms with Crippen LogP contribution in [0.3, 0.4) is 0 Å². The molecule has 2 fully saturated rings. The number of β-amino-alcohol motifs (C(OH)–C–C–N with tert-alkyl or cyclic N) is 1. The van der Waals surface area contributed by atoms with Gasteiger partial charge in [-0.3, -0.25) is 4.90 Å². The Morgan fingerprint density at radius 1 is 1.19 bits per heavy atom. The number of nitrogens with zero attached hydrogens (tertiary/aromatic N) is 4. The summed E-state index contributed by atoms with van der Waals surface area (Å²) in [4.78, 5) is 16.4. The van der Waals surface area contributed by atoms with Crippen LogP contribution in [0.4, 0.5) is 10.5 Å². The Kier molecular flexibility index (Phi) is 4.87. The molecule has 8 nitrogen and oxygen atoms in total. The van der Waals surface area contributed by atoms with E-state index >= 15 is 0 Å². The number of aromatic nitrogens is 2. The van der Waals surface area contributed by atoms with Gasteiger partial charge in [0.2, 0.25) is 0 Å². The zero-order chi connectivity index (χ0) is 17.9. The average molecular weight is 357 g/mol. The third-order valence-electron chi connectivity index (χ3n) is 4.95. The topological polar surface area (TPSA) is 82.9 Å². The molecule has 4 rings (SSSR count). The zero-order valence-corrected chi connectivity index (χ0v) is 14.5. The summed E-state index contributed by atoms with van der Waals surface area (Å²) in [5.41, 5.74) is 1.65. The van der Waals surface area contributed by atoms with Crippen LogP contribution in [-0.2, 0) is 4.74 Å². The van der Waals surface area contributed by atoms with Gasteiger partial charge in [-0.1, -0.05) is 0 Å². The molecule has 2 amide bonds. The van der Waals surface area contributed by atoms with E-state index in [2.05, 4.69) is 15.3 Å². The maximum Gasteiger partial charge on any atom is 0.321 e. The van der Waals surface area contributed by atoms with Crippen LogP contribution in [0.1, 0.15) is 0 Å². The molecule has 2 saturated heterocycles. The van der Waals surface area contributed by atoms with Crippen LogP contribution in [0.15, 0.2) is 42.7 Å². The molecule has 26 heavy (non-hydrogen) atoms. The molecule has 8 heteroatoms. The van der Waals surface area contributed by atoms with Crippen molar-refractivity contribution in [2.45, 2.75) is 12.1 Å². The van der Waals surface area contributed by atoms with Gasteiger partial charge in [0.15, 0.2) is 0 Å². The van der Waals surface area contributed by atoms with Crippen LogP contribution >= 0.6 is 0 Å². The van der Waals surface area contributed by atoms with Crippen LogP contribution < -0.4 is 5.32 Å². The molecule has 3 heterocycles. The van der Waals surface area contributed by atoms with E-state index in [0.29, 0.717) is 26.3 Å². The Bertz CT molecular complexity index is 728. The van der Waals surface area contributed by atoms with Crippen molar-refractivity contribution in [1.82, 2.24) is 19.6 Å². The Labute approximate surface area is 152 Å². The van der Waals surface area contributed by atoms with Crippen molar-refractivity contribution >= 4 is 11.7 Å². The van der Waals surface area contributed by atoms with E-state index in [1.54, 1.807) is 15.8 Å². The molecule has 0 aliphatic carbocycles. The summed E-state index contributed by atoms with van der Waals surface area (Å²) in [5, 5.41) is 17.4. The largest absolute Gasteiger partial charge is 0.390 e. The lowest BCUT2D eigenvalue weighted by atomic mass is 10.2. The fourth-order valence-corrected chi connectivity index (χ4v) is 3.52. The van der Waals surface area contributed by atoms with Crippen molar-refractivity contribution in [1.29, 1.82) is 0 Å². The minimum atomic E-state index is -0.527. The number of aliphatic hydroxyl groups is 1. The lowest BCUT2D eigenvalue weighted by molar-refractivity contribution is -0.00607. The van der Waals surface area contributed by atoms with Crippen molar-refractivity contribution in [2.24, 2.45) is 0 Å². The quantitative estimate of drug-likeness (QED) is 0.848. The lowest BCUT2D eigenvalue weighted by Gasteiger charge is -2.33. The second kappa shape index (κ2) is 7.45. The summed E-state index contributed by atoms with van der Waals surface area (Å²) in [5.74, 6) is 0. The highest BCUT2D eigenvalue weighted by Gasteiger charge is 2.38. The number of anilines is 1. The number of likely N-dealkylation sites (tertiary alicyclic amines) is 1. The van der Waals surface area contributed by atoms with Crippen LogP contribution in [0.25, 0.3) is 5.69 Å². The second-order valence-corrected chi connectivity index (χ2v) is 6.62.